The summed E-state index contributed by atoms with van der Waals surface area (Å²) in [6.45, 7) is 4.50. The SMILES string of the molecule is CC(C)C1ON=C(c2c(Cl)cccc2Cl)C1COc1ccc(-c2ccc3c(C(=O)O)n[nH]c3c2)cc1. The Morgan fingerprint density at radius 2 is 1.78 bits per heavy atom. The van der Waals surface area contributed by atoms with E-state index in [1.54, 1.807) is 24.3 Å². The summed E-state index contributed by atoms with van der Waals surface area (Å²) in [4.78, 5) is 17.1. The Labute approximate surface area is 217 Å². The van der Waals surface area contributed by atoms with E-state index in [0.29, 0.717) is 44.6 Å². The van der Waals surface area contributed by atoms with Crippen LogP contribution in [-0.2, 0) is 4.84 Å². The summed E-state index contributed by atoms with van der Waals surface area (Å²) in [7, 11) is 0. The van der Waals surface area contributed by atoms with Gasteiger partial charge in [-0.25, -0.2) is 4.79 Å². The van der Waals surface area contributed by atoms with E-state index in [1.807, 2.05) is 36.4 Å². The molecule has 2 atom stereocenters. The van der Waals surface area contributed by atoms with Crippen molar-refractivity contribution in [3.63, 3.8) is 0 Å². The normalized spacial score (nSPS) is 17.3. The van der Waals surface area contributed by atoms with Crippen LogP contribution in [0.3, 0.4) is 0 Å². The molecule has 0 aliphatic carbocycles. The monoisotopic (exact) mass is 523 g/mol. The Balaban J connectivity index is 1.34. The molecule has 0 spiro atoms. The first-order valence-corrected chi connectivity index (χ1v) is 12.2. The maximum atomic E-state index is 11.3. The van der Waals surface area contributed by atoms with Crippen molar-refractivity contribution in [2.45, 2.75) is 20.0 Å². The number of benzene rings is 3. The highest BCUT2D eigenvalue weighted by atomic mass is 35.5. The van der Waals surface area contributed by atoms with Crippen LogP contribution in [0.25, 0.3) is 22.0 Å². The first kappa shape index (κ1) is 24.2. The Hall–Kier alpha value is -3.55. The van der Waals surface area contributed by atoms with Gasteiger partial charge in [0.15, 0.2) is 5.69 Å². The van der Waals surface area contributed by atoms with Crippen LogP contribution in [0.15, 0.2) is 65.8 Å². The molecule has 0 fully saturated rings. The van der Waals surface area contributed by atoms with Crippen LogP contribution < -0.4 is 4.74 Å². The van der Waals surface area contributed by atoms with E-state index in [-0.39, 0.29) is 23.6 Å². The van der Waals surface area contributed by atoms with E-state index >= 15 is 0 Å². The van der Waals surface area contributed by atoms with E-state index in [2.05, 4.69) is 29.2 Å². The number of rotatable bonds is 7. The van der Waals surface area contributed by atoms with Crippen molar-refractivity contribution in [3.05, 3.63) is 82.0 Å². The molecule has 1 aromatic heterocycles. The van der Waals surface area contributed by atoms with E-state index in [9.17, 15) is 9.90 Å². The summed E-state index contributed by atoms with van der Waals surface area (Å²) >= 11 is 12.9. The average molecular weight is 524 g/mol. The third-order valence-electron chi connectivity index (χ3n) is 6.28. The number of fused-ring (bicyclic) bond motifs is 1. The molecule has 1 aliphatic heterocycles. The summed E-state index contributed by atoms with van der Waals surface area (Å²) in [5.41, 5.74) is 3.93. The molecule has 0 saturated carbocycles. The van der Waals surface area contributed by atoms with Crippen molar-refractivity contribution < 1.29 is 19.5 Å². The van der Waals surface area contributed by atoms with Gasteiger partial charge in [0.1, 0.15) is 24.2 Å². The van der Waals surface area contributed by atoms with Crippen molar-refractivity contribution in [1.82, 2.24) is 10.2 Å². The van der Waals surface area contributed by atoms with Gasteiger partial charge in [-0.3, -0.25) is 5.10 Å². The summed E-state index contributed by atoms with van der Waals surface area (Å²) in [6, 6.07) is 18.6. The van der Waals surface area contributed by atoms with Crippen molar-refractivity contribution >= 4 is 45.8 Å². The Morgan fingerprint density at radius 3 is 2.44 bits per heavy atom. The number of halogens is 2. The lowest BCUT2D eigenvalue weighted by molar-refractivity contribution is 0.0178. The third kappa shape index (κ3) is 4.52. The van der Waals surface area contributed by atoms with E-state index in [4.69, 9.17) is 32.8 Å². The Bertz CT molecular complexity index is 1440. The van der Waals surface area contributed by atoms with Crippen LogP contribution >= 0.6 is 23.2 Å². The molecule has 3 aromatic carbocycles. The molecule has 5 rings (SSSR count). The molecule has 184 valence electrons. The summed E-state index contributed by atoms with van der Waals surface area (Å²) in [6.07, 6.45) is -0.163. The summed E-state index contributed by atoms with van der Waals surface area (Å²) in [5, 5.41) is 21.9. The number of H-pyrrole nitrogens is 1. The smallest absolute Gasteiger partial charge is 0.357 e. The zero-order valence-corrected chi connectivity index (χ0v) is 21.0. The lowest BCUT2D eigenvalue weighted by Crippen LogP contribution is -2.33. The topological polar surface area (TPSA) is 96.8 Å². The van der Waals surface area contributed by atoms with Gasteiger partial charge in [0.25, 0.3) is 0 Å². The van der Waals surface area contributed by atoms with Crippen LogP contribution in [0.2, 0.25) is 10.0 Å². The predicted molar refractivity (Wildman–Crippen MR) is 140 cm³/mol. The molecule has 2 N–H and O–H groups in total. The second-order valence-corrected chi connectivity index (χ2v) is 9.78. The number of hydrogen-bond acceptors (Lipinski definition) is 5. The Morgan fingerprint density at radius 1 is 1.08 bits per heavy atom. The number of aromatic carboxylic acids is 1. The van der Waals surface area contributed by atoms with E-state index in [1.165, 1.54) is 0 Å². The fourth-order valence-corrected chi connectivity index (χ4v) is 5.03. The van der Waals surface area contributed by atoms with Crippen LogP contribution in [0.4, 0.5) is 0 Å². The van der Waals surface area contributed by atoms with Crippen molar-refractivity contribution in [2.75, 3.05) is 6.61 Å². The molecule has 36 heavy (non-hydrogen) atoms. The number of carboxylic acids is 1. The van der Waals surface area contributed by atoms with E-state index in [0.717, 1.165) is 11.1 Å². The van der Waals surface area contributed by atoms with Crippen molar-refractivity contribution in [3.8, 4) is 16.9 Å². The molecule has 0 saturated heterocycles. The number of carboxylic acid groups (broad SMARTS) is 1. The van der Waals surface area contributed by atoms with Crippen molar-refractivity contribution in [1.29, 1.82) is 0 Å². The molecular weight excluding hydrogens is 501 g/mol. The van der Waals surface area contributed by atoms with Gasteiger partial charge in [-0.05, 0) is 53.4 Å². The molecular formula is C27H23Cl2N3O4. The maximum Gasteiger partial charge on any atom is 0.357 e. The fourth-order valence-electron chi connectivity index (χ4n) is 4.44. The number of oxime groups is 1. The predicted octanol–water partition coefficient (Wildman–Crippen LogP) is 6.69. The number of nitrogens with one attached hydrogen (secondary N) is 1. The van der Waals surface area contributed by atoms with E-state index < -0.39 is 5.97 Å². The molecule has 4 aromatic rings. The van der Waals surface area contributed by atoms with Gasteiger partial charge in [0.05, 0.1) is 21.5 Å². The first-order valence-electron chi connectivity index (χ1n) is 11.5. The minimum atomic E-state index is -1.06. The highest BCUT2D eigenvalue weighted by Crippen LogP contribution is 2.35. The second kappa shape index (κ2) is 9.84. The first-order chi connectivity index (χ1) is 17.3. The zero-order valence-electron chi connectivity index (χ0n) is 19.5. The number of ether oxygens (including phenoxy) is 1. The van der Waals surface area contributed by atoms with Crippen molar-refractivity contribution in [2.24, 2.45) is 17.0 Å². The summed E-state index contributed by atoms with van der Waals surface area (Å²) < 4.78 is 6.16. The quantitative estimate of drug-likeness (QED) is 0.281. The number of hydrogen-bond donors (Lipinski definition) is 2. The maximum absolute atomic E-state index is 11.3. The van der Waals surface area contributed by atoms with Gasteiger partial charge in [-0.2, -0.15) is 5.10 Å². The van der Waals surface area contributed by atoms with Gasteiger partial charge in [-0.15, -0.1) is 0 Å². The Kier molecular flexibility index (Phi) is 6.60. The van der Waals surface area contributed by atoms with Gasteiger partial charge >= 0.3 is 5.97 Å². The number of aromatic amines is 1. The largest absolute Gasteiger partial charge is 0.493 e. The minimum absolute atomic E-state index is 0.0110. The molecule has 0 amide bonds. The standard InChI is InChI=1S/C27H23Cl2N3O4/c1-14(2)26-19(24(32-36-26)23-20(28)4-3-5-21(23)29)13-35-17-9-6-15(7-10-17)16-8-11-18-22(12-16)30-31-25(18)27(33)34/h3-12,14,19,26H,13H2,1-2H3,(H,30,31)(H,33,34). The molecule has 2 unspecified atom stereocenters. The highest BCUT2D eigenvalue weighted by Gasteiger charge is 2.39. The fraction of sp³-hybridized carbons (Fsp3) is 0.222. The zero-order chi connectivity index (χ0) is 25.4. The second-order valence-electron chi connectivity index (χ2n) is 8.97. The number of carbonyl (C=O) groups is 1. The number of aromatic nitrogens is 2. The van der Waals surface area contributed by atoms with Gasteiger partial charge in [0, 0.05) is 10.9 Å². The van der Waals surface area contributed by atoms with Gasteiger partial charge in [-0.1, -0.05) is 66.5 Å². The minimum Gasteiger partial charge on any atom is -0.493 e. The van der Waals surface area contributed by atoms with Crippen LogP contribution in [0, 0.1) is 11.8 Å². The molecule has 0 radical (unpaired) electrons. The van der Waals surface area contributed by atoms with Crippen LogP contribution in [0.5, 0.6) is 5.75 Å². The lowest BCUT2D eigenvalue weighted by atomic mass is 9.87. The molecule has 1 aliphatic rings. The third-order valence-corrected chi connectivity index (χ3v) is 6.91. The van der Waals surface area contributed by atoms with Gasteiger partial charge in [0.2, 0.25) is 0 Å². The number of nitrogens with zero attached hydrogens (tertiary/aromatic N) is 2. The molecule has 7 nitrogen and oxygen atoms in total. The van der Waals surface area contributed by atoms with Gasteiger partial charge < -0.3 is 14.7 Å². The average Bonchev–Trinajstić information content (AvgIpc) is 3.47. The molecule has 2 heterocycles. The molecule has 0 bridgehead atoms. The molecule has 9 heteroatoms. The van der Waals surface area contributed by atoms with Crippen LogP contribution in [-0.4, -0.2) is 39.7 Å². The lowest BCUT2D eigenvalue weighted by Gasteiger charge is -2.23. The highest BCUT2D eigenvalue weighted by molar-refractivity contribution is 6.40. The van der Waals surface area contributed by atoms with Crippen LogP contribution in [0.1, 0.15) is 29.9 Å². The summed E-state index contributed by atoms with van der Waals surface area (Å²) in [5.74, 6) is -0.294.